The zero-order chi connectivity index (χ0) is 14.9. The molecule has 7 nitrogen and oxygen atoms in total. The van der Waals surface area contributed by atoms with Crippen LogP contribution in [0.1, 0.15) is 48.8 Å². The summed E-state index contributed by atoms with van der Waals surface area (Å²) in [4.78, 5) is 13.2. The molecule has 116 valence electrons. The molecule has 2 aromatic rings. The molecule has 0 radical (unpaired) electrons. The molecule has 1 saturated heterocycles. The van der Waals surface area contributed by atoms with Crippen LogP contribution in [0, 0.1) is 12.8 Å². The first-order valence-electron chi connectivity index (χ1n) is 7.78. The maximum atomic E-state index is 5.76. The summed E-state index contributed by atoms with van der Waals surface area (Å²) in [5.41, 5.74) is 0. The van der Waals surface area contributed by atoms with Crippen LogP contribution in [0.3, 0.4) is 0 Å². The van der Waals surface area contributed by atoms with Gasteiger partial charge in [-0.3, -0.25) is 0 Å². The largest absolute Gasteiger partial charge is 0.370 e. The third-order valence-electron chi connectivity index (χ3n) is 4.16. The molecule has 4 rings (SSSR count). The molecule has 0 aromatic carbocycles. The molecule has 1 saturated carbocycles. The lowest BCUT2D eigenvalue weighted by Crippen LogP contribution is -2.19. The van der Waals surface area contributed by atoms with Gasteiger partial charge in [0.2, 0.25) is 0 Å². The fourth-order valence-corrected chi connectivity index (χ4v) is 2.79. The Hall–Kier alpha value is -2.02. The molecule has 7 heteroatoms. The predicted octanol–water partition coefficient (Wildman–Crippen LogP) is 2.24. The number of nitrogens with zero attached hydrogens (tertiary/aromatic N) is 4. The summed E-state index contributed by atoms with van der Waals surface area (Å²) in [5, 5.41) is 7.24. The van der Waals surface area contributed by atoms with E-state index >= 15 is 0 Å². The van der Waals surface area contributed by atoms with E-state index in [-0.39, 0.29) is 6.10 Å². The van der Waals surface area contributed by atoms with Crippen LogP contribution in [0.15, 0.2) is 16.8 Å². The molecule has 0 bridgehead atoms. The molecule has 0 unspecified atom stereocenters. The Bertz CT molecular complexity index is 655. The molecular weight excluding hydrogens is 282 g/mol. The van der Waals surface area contributed by atoms with E-state index in [4.69, 9.17) is 9.26 Å². The van der Waals surface area contributed by atoms with Gasteiger partial charge in [0.1, 0.15) is 17.7 Å². The molecule has 2 fully saturated rings. The van der Waals surface area contributed by atoms with Gasteiger partial charge in [-0.05, 0) is 32.3 Å². The number of aromatic nitrogens is 4. The topological polar surface area (TPSA) is 86.0 Å². The van der Waals surface area contributed by atoms with Crippen LogP contribution < -0.4 is 5.32 Å². The Morgan fingerprint density at radius 1 is 1.27 bits per heavy atom. The van der Waals surface area contributed by atoms with Crippen LogP contribution >= 0.6 is 0 Å². The molecular formula is C15H19N5O2. The molecule has 1 N–H and O–H groups in total. The van der Waals surface area contributed by atoms with Gasteiger partial charge in [0, 0.05) is 31.2 Å². The van der Waals surface area contributed by atoms with E-state index in [1.54, 1.807) is 0 Å². The molecule has 2 atom stereocenters. The van der Waals surface area contributed by atoms with Crippen LogP contribution in [0.4, 0.5) is 5.82 Å². The SMILES string of the molecule is Cc1noc([C@H]2OCC[C@H]2CNc2ccnc(C3CC3)n2)n1. The van der Waals surface area contributed by atoms with E-state index in [0.717, 1.165) is 31.2 Å². The van der Waals surface area contributed by atoms with Crippen molar-refractivity contribution in [2.75, 3.05) is 18.5 Å². The molecule has 2 aliphatic rings. The smallest absolute Gasteiger partial charge is 0.256 e. The van der Waals surface area contributed by atoms with E-state index in [2.05, 4.69) is 25.4 Å². The molecule has 0 amide bonds. The molecule has 3 heterocycles. The monoisotopic (exact) mass is 301 g/mol. The van der Waals surface area contributed by atoms with Crippen LogP contribution in [0.5, 0.6) is 0 Å². The Kier molecular flexibility index (Phi) is 3.49. The summed E-state index contributed by atoms with van der Waals surface area (Å²) in [6.07, 6.45) is 5.09. The second-order valence-corrected chi connectivity index (χ2v) is 5.98. The first kappa shape index (κ1) is 13.6. The van der Waals surface area contributed by atoms with Crippen molar-refractivity contribution in [3.8, 4) is 0 Å². The lowest BCUT2D eigenvalue weighted by Gasteiger charge is -2.16. The van der Waals surface area contributed by atoms with E-state index in [1.165, 1.54) is 12.8 Å². The maximum Gasteiger partial charge on any atom is 0.256 e. The third-order valence-corrected chi connectivity index (χ3v) is 4.16. The summed E-state index contributed by atoms with van der Waals surface area (Å²) in [5.74, 6) is 3.91. The minimum Gasteiger partial charge on any atom is -0.370 e. The second-order valence-electron chi connectivity index (χ2n) is 5.98. The zero-order valence-electron chi connectivity index (χ0n) is 12.5. The van der Waals surface area contributed by atoms with Gasteiger partial charge < -0.3 is 14.6 Å². The number of aryl methyl sites for hydroxylation is 1. The van der Waals surface area contributed by atoms with E-state index in [9.17, 15) is 0 Å². The molecule has 0 spiro atoms. The third kappa shape index (κ3) is 2.81. The van der Waals surface area contributed by atoms with Gasteiger partial charge in [0.25, 0.3) is 5.89 Å². The van der Waals surface area contributed by atoms with Crippen molar-refractivity contribution in [3.63, 3.8) is 0 Å². The van der Waals surface area contributed by atoms with Gasteiger partial charge in [0.15, 0.2) is 5.82 Å². The van der Waals surface area contributed by atoms with Gasteiger partial charge in [-0.15, -0.1) is 0 Å². The molecule has 1 aliphatic carbocycles. The summed E-state index contributed by atoms with van der Waals surface area (Å²) >= 11 is 0. The number of nitrogens with one attached hydrogen (secondary N) is 1. The van der Waals surface area contributed by atoms with Gasteiger partial charge >= 0.3 is 0 Å². The highest BCUT2D eigenvalue weighted by Gasteiger charge is 2.34. The first-order chi connectivity index (χ1) is 10.8. The highest BCUT2D eigenvalue weighted by molar-refractivity contribution is 5.34. The standard InChI is InChI=1S/C15H19N5O2/c1-9-18-15(22-20-9)13-11(5-7-21-13)8-17-12-4-6-16-14(19-12)10-2-3-10/h4,6,10-11,13H,2-3,5,7-8H2,1H3,(H,16,17,19)/t11-,13-/m0/s1. The average Bonchev–Trinajstić information content (AvgIpc) is 3.13. The number of hydrogen-bond donors (Lipinski definition) is 1. The first-order valence-corrected chi connectivity index (χ1v) is 7.78. The fourth-order valence-electron chi connectivity index (χ4n) is 2.79. The summed E-state index contributed by atoms with van der Waals surface area (Å²) in [6, 6.07) is 1.91. The van der Waals surface area contributed by atoms with Crippen LogP contribution in [0.25, 0.3) is 0 Å². The minimum atomic E-state index is -0.126. The maximum absolute atomic E-state index is 5.76. The number of hydrogen-bond acceptors (Lipinski definition) is 7. The van der Waals surface area contributed by atoms with Crippen LogP contribution in [-0.4, -0.2) is 33.3 Å². The molecule has 1 aliphatic heterocycles. The summed E-state index contributed by atoms with van der Waals surface area (Å²) < 4.78 is 11.0. The van der Waals surface area contributed by atoms with E-state index in [0.29, 0.717) is 23.6 Å². The lowest BCUT2D eigenvalue weighted by atomic mass is 10.0. The Morgan fingerprint density at radius 3 is 2.95 bits per heavy atom. The number of anilines is 1. The Balaban J connectivity index is 1.41. The Labute approximate surface area is 128 Å². The lowest BCUT2D eigenvalue weighted by molar-refractivity contribution is 0.0650. The molecule has 22 heavy (non-hydrogen) atoms. The zero-order valence-corrected chi connectivity index (χ0v) is 12.5. The van der Waals surface area contributed by atoms with Crippen molar-refractivity contribution >= 4 is 5.82 Å². The van der Waals surface area contributed by atoms with Gasteiger partial charge in [-0.2, -0.15) is 4.98 Å². The van der Waals surface area contributed by atoms with E-state index < -0.39 is 0 Å². The van der Waals surface area contributed by atoms with Gasteiger partial charge in [-0.1, -0.05) is 5.16 Å². The fraction of sp³-hybridized carbons (Fsp3) is 0.600. The van der Waals surface area contributed by atoms with Crippen molar-refractivity contribution in [1.29, 1.82) is 0 Å². The van der Waals surface area contributed by atoms with Crippen molar-refractivity contribution in [3.05, 3.63) is 29.8 Å². The normalized spacial score (nSPS) is 24.6. The van der Waals surface area contributed by atoms with Crippen molar-refractivity contribution in [1.82, 2.24) is 20.1 Å². The highest BCUT2D eigenvalue weighted by Crippen LogP contribution is 2.38. The quantitative estimate of drug-likeness (QED) is 0.906. The predicted molar refractivity (Wildman–Crippen MR) is 78.3 cm³/mol. The van der Waals surface area contributed by atoms with E-state index in [1.807, 2.05) is 19.2 Å². The van der Waals surface area contributed by atoms with Crippen LogP contribution in [-0.2, 0) is 4.74 Å². The average molecular weight is 301 g/mol. The molecule has 2 aromatic heterocycles. The summed E-state index contributed by atoms with van der Waals surface area (Å²) in [6.45, 7) is 3.30. The van der Waals surface area contributed by atoms with Crippen molar-refractivity contribution in [2.45, 2.75) is 38.2 Å². The summed E-state index contributed by atoms with van der Waals surface area (Å²) in [7, 11) is 0. The number of rotatable bonds is 5. The van der Waals surface area contributed by atoms with Crippen LogP contribution in [0.2, 0.25) is 0 Å². The minimum absolute atomic E-state index is 0.126. The van der Waals surface area contributed by atoms with Crippen molar-refractivity contribution < 1.29 is 9.26 Å². The Morgan fingerprint density at radius 2 is 2.18 bits per heavy atom. The highest BCUT2D eigenvalue weighted by atomic mass is 16.5. The van der Waals surface area contributed by atoms with Gasteiger partial charge in [-0.25, -0.2) is 9.97 Å². The number of ether oxygens (including phenoxy) is 1. The van der Waals surface area contributed by atoms with Crippen molar-refractivity contribution in [2.24, 2.45) is 5.92 Å². The van der Waals surface area contributed by atoms with Gasteiger partial charge in [0.05, 0.1) is 0 Å². The second kappa shape index (κ2) is 5.64.